The molecule has 0 aliphatic carbocycles. The number of hydrogen-bond donors (Lipinski definition) is 2. The highest BCUT2D eigenvalue weighted by atomic mass is 16.5. The van der Waals surface area contributed by atoms with E-state index in [1.807, 2.05) is 11.9 Å². The standard InChI is InChI=1S/C12H27N3O2/c1-11(2)4-6-14-12(16)10-15(3)7-9-17-8-5-13/h11H,4-10,13H2,1-3H3,(H,14,16). The molecule has 0 spiro atoms. The van der Waals surface area contributed by atoms with Crippen LogP contribution in [0.5, 0.6) is 0 Å². The second kappa shape index (κ2) is 10.5. The Morgan fingerprint density at radius 1 is 1.41 bits per heavy atom. The third-order valence-electron chi connectivity index (χ3n) is 2.34. The molecule has 0 saturated carbocycles. The van der Waals surface area contributed by atoms with E-state index in [1.165, 1.54) is 0 Å². The van der Waals surface area contributed by atoms with Gasteiger partial charge in [0.1, 0.15) is 0 Å². The van der Waals surface area contributed by atoms with Crippen molar-refractivity contribution in [3.8, 4) is 0 Å². The average molecular weight is 245 g/mol. The molecule has 0 aromatic heterocycles. The number of ether oxygens (including phenoxy) is 1. The minimum atomic E-state index is 0.0759. The summed E-state index contributed by atoms with van der Waals surface area (Å²) in [5.74, 6) is 0.699. The van der Waals surface area contributed by atoms with E-state index in [0.717, 1.165) is 19.5 Å². The van der Waals surface area contributed by atoms with E-state index in [0.29, 0.717) is 32.2 Å². The van der Waals surface area contributed by atoms with E-state index < -0.39 is 0 Å². The van der Waals surface area contributed by atoms with E-state index in [-0.39, 0.29) is 5.91 Å². The molecule has 0 rings (SSSR count). The van der Waals surface area contributed by atoms with Gasteiger partial charge in [0, 0.05) is 19.6 Å². The molecule has 5 heteroatoms. The van der Waals surface area contributed by atoms with E-state index in [9.17, 15) is 4.79 Å². The van der Waals surface area contributed by atoms with Crippen LogP contribution < -0.4 is 11.1 Å². The van der Waals surface area contributed by atoms with Crippen molar-refractivity contribution in [2.75, 3.05) is 46.4 Å². The minimum Gasteiger partial charge on any atom is -0.379 e. The van der Waals surface area contributed by atoms with Gasteiger partial charge in [0.05, 0.1) is 19.8 Å². The largest absolute Gasteiger partial charge is 0.379 e. The lowest BCUT2D eigenvalue weighted by atomic mass is 10.1. The predicted molar refractivity (Wildman–Crippen MR) is 69.8 cm³/mol. The third-order valence-corrected chi connectivity index (χ3v) is 2.34. The first-order chi connectivity index (χ1) is 8.06. The van der Waals surface area contributed by atoms with Crippen LogP contribution in [0.15, 0.2) is 0 Å². The van der Waals surface area contributed by atoms with Crippen molar-refractivity contribution in [3.63, 3.8) is 0 Å². The number of nitrogens with one attached hydrogen (secondary N) is 1. The molecule has 0 bridgehead atoms. The Balaban J connectivity index is 3.45. The second-order valence-electron chi connectivity index (χ2n) is 4.67. The highest BCUT2D eigenvalue weighted by Gasteiger charge is 2.05. The maximum Gasteiger partial charge on any atom is 0.234 e. The number of carbonyl (C=O) groups is 1. The second-order valence-corrected chi connectivity index (χ2v) is 4.67. The Morgan fingerprint density at radius 2 is 2.12 bits per heavy atom. The summed E-state index contributed by atoms with van der Waals surface area (Å²) in [6.45, 7) is 7.95. The average Bonchev–Trinajstić information content (AvgIpc) is 2.23. The number of nitrogens with zero attached hydrogens (tertiary/aromatic N) is 1. The van der Waals surface area contributed by atoms with Gasteiger partial charge in [-0.15, -0.1) is 0 Å². The van der Waals surface area contributed by atoms with Crippen molar-refractivity contribution >= 4 is 5.91 Å². The van der Waals surface area contributed by atoms with Crippen molar-refractivity contribution in [3.05, 3.63) is 0 Å². The number of rotatable bonds is 10. The van der Waals surface area contributed by atoms with Gasteiger partial charge in [0.2, 0.25) is 5.91 Å². The van der Waals surface area contributed by atoms with Crippen molar-refractivity contribution in [1.82, 2.24) is 10.2 Å². The molecule has 0 aromatic carbocycles. The Morgan fingerprint density at radius 3 is 2.71 bits per heavy atom. The maximum atomic E-state index is 11.5. The quantitative estimate of drug-likeness (QED) is 0.534. The fraction of sp³-hybridized carbons (Fsp3) is 0.917. The molecule has 1 amide bonds. The first-order valence-corrected chi connectivity index (χ1v) is 6.29. The number of nitrogens with two attached hydrogens (primary N) is 1. The van der Waals surface area contributed by atoms with Gasteiger partial charge >= 0.3 is 0 Å². The molecule has 0 saturated heterocycles. The molecule has 0 radical (unpaired) electrons. The van der Waals surface area contributed by atoms with Crippen LogP contribution in [0.4, 0.5) is 0 Å². The van der Waals surface area contributed by atoms with Gasteiger partial charge < -0.3 is 15.8 Å². The van der Waals surface area contributed by atoms with Crippen LogP contribution in [0.3, 0.4) is 0 Å². The van der Waals surface area contributed by atoms with Crippen molar-refractivity contribution in [2.45, 2.75) is 20.3 Å². The van der Waals surface area contributed by atoms with Crippen LogP contribution in [0.2, 0.25) is 0 Å². The predicted octanol–water partition coefficient (Wildman–Crippen LogP) is 0.0558. The first kappa shape index (κ1) is 16.4. The zero-order chi connectivity index (χ0) is 13.1. The summed E-state index contributed by atoms with van der Waals surface area (Å²) in [4.78, 5) is 13.5. The summed E-state index contributed by atoms with van der Waals surface area (Å²) in [7, 11) is 1.91. The number of amides is 1. The van der Waals surface area contributed by atoms with Gasteiger partial charge in [-0.3, -0.25) is 9.69 Å². The highest BCUT2D eigenvalue weighted by Crippen LogP contribution is 1.96. The molecular formula is C12H27N3O2. The van der Waals surface area contributed by atoms with E-state index in [2.05, 4.69) is 19.2 Å². The van der Waals surface area contributed by atoms with E-state index in [4.69, 9.17) is 10.5 Å². The Hall–Kier alpha value is -0.650. The fourth-order valence-electron chi connectivity index (χ4n) is 1.29. The topological polar surface area (TPSA) is 67.6 Å². The minimum absolute atomic E-state index is 0.0759. The highest BCUT2D eigenvalue weighted by molar-refractivity contribution is 5.77. The molecule has 0 aliphatic heterocycles. The van der Waals surface area contributed by atoms with Gasteiger partial charge in [0.15, 0.2) is 0 Å². The van der Waals surface area contributed by atoms with Crippen molar-refractivity contribution < 1.29 is 9.53 Å². The maximum absolute atomic E-state index is 11.5. The monoisotopic (exact) mass is 245 g/mol. The Kier molecular flexibility index (Phi) is 10.1. The first-order valence-electron chi connectivity index (χ1n) is 6.29. The summed E-state index contributed by atoms with van der Waals surface area (Å²) < 4.78 is 5.25. The molecule has 0 heterocycles. The van der Waals surface area contributed by atoms with Crippen LogP contribution in [0, 0.1) is 5.92 Å². The molecule has 0 unspecified atom stereocenters. The van der Waals surface area contributed by atoms with Crippen LogP contribution in [-0.2, 0) is 9.53 Å². The molecule has 0 atom stereocenters. The molecule has 102 valence electrons. The lowest BCUT2D eigenvalue weighted by molar-refractivity contribution is -0.122. The molecular weight excluding hydrogens is 218 g/mol. The van der Waals surface area contributed by atoms with Crippen LogP contribution >= 0.6 is 0 Å². The van der Waals surface area contributed by atoms with Gasteiger partial charge in [0.25, 0.3) is 0 Å². The zero-order valence-electron chi connectivity index (χ0n) is 11.4. The Bertz CT molecular complexity index is 198. The van der Waals surface area contributed by atoms with E-state index in [1.54, 1.807) is 0 Å². The fourth-order valence-corrected chi connectivity index (χ4v) is 1.29. The number of carbonyl (C=O) groups excluding carboxylic acids is 1. The summed E-state index contributed by atoms with van der Waals surface area (Å²) >= 11 is 0. The van der Waals surface area contributed by atoms with Gasteiger partial charge in [-0.25, -0.2) is 0 Å². The zero-order valence-corrected chi connectivity index (χ0v) is 11.4. The molecule has 3 N–H and O–H groups in total. The normalized spacial score (nSPS) is 11.2. The summed E-state index contributed by atoms with van der Waals surface area (Å²) in [5, 5.41) is 2.91. The van der Waals surface area contributed by atoms with Crippen LogP contribution in [-0.4, -0.2) is 57.2 Å². The third kappa shape index (κ3) is 11.6. The summed E-state index contributed by atoms with van der Waals surface area (Å²) in [6, 6.07) is 0. The number of likely N-dealkylation sites (N-methyl/N-ethyl adjacent to an activating group) is 1. The lowest BCUT2D eigenvalue weighted by Gasteiger charge is -2.16. The molecule has 0 aliphatic rings. The van der Waals surface area contributed by atoms with E-state index >= 15 is 0 Å². The smallest absolute Gasteiger partial charge is 0.234 e. The van der Waals surface area contributed by atoms with Gasteiger partial charge in [-0.1, -0.05) is 13.8 Å². The lowest BCUT2D eigenvalue weighted by Crippen LogP contribution is -2.37. The SMILES string of the molecule is CC(C)CCNC(=O)CN(C)CCOCCN. The van der Waals surface area contributed by atoms with Crippen LogP contribution in [0.1, 0.15) is 20.3 Å². The summed E-state index contributed by atoms with van der Waals surface area (Å²) in [6.07, 6.45) is 1.02. The summed E-state index contributed by atoms with van der Waals surface area (Å²) in [5.41, 5.74) is 5.30. The molecule has 0 aromatic rings. The van der Waals surface area contributed by atoms with Crippen molar-refractivity contribution in [1.29, 1.82) is 0 Å². The number of hydrogen-bond acceptors (Lipinski definition) is 4. The van der Waals surface area contributed by atoms with Crippen molar-refractivity contribution in [2.24, 2.45) is 11.7 Å². The Labute approximate surface area is 105 Å². The van der Waals surface area contributed by atoms with Gasteiger partial charge in [-0.05, 0) is 19.4 Å². The molecule has 17 heavy (non-hydrogen) atoms. The molecule has 0 fully saturated rings. The molecule has 5 nitrogen and oxygen atoms in total. The van der Waals surface area contributed by atoms with Gasteiger partial charge in [-0.2, -0.15) is 0 Å². The van der Waals surface area contributed by atoms with Crippen LogP contribution in [0.25, 0.3) is 0 Å².